The van der Waals surface area contributed by atoms with Crippen LogP contribution in [-0.4, -0.2) is 39.9 Å². The first-order valence-electron chi connectivity index (χ1n) is 9.05. The smallest absolute Gasteiger partial charge is 0.435 e. The predicted molar refractivity (Wildman–Crippen MR) is 98.5 cm³/mol. The Kier molecular flexibility index (Phi) is 4.60. The van der Waals surface area contributed by atoms with E-state index in [-0.39, 0.29) is 6.04 Å². The third kappa shape index (κ3) is 3.48. The van der Waals surface area contributed by atoms with Crippen molar-refractivity contribution < 1.29 is 17.9 Å². The van der Waals surface area contributed by atoms with Gasteiger partial charge in [-0.3, -0.25) is 4.68 Å². The summed E-state index contributed by atoms with van der Waals surface area (Å²) in [5, 5.41) is 4.62. The molecule has 3 heterocycles. The molecule has 0 N–H and O–H groups in total. The summed E-state index contributed by atoms with van der Waals surface area (Å²) < 4.78 is 45.4. The van der Waals surface area contributed by atoms with Crippen LogP contribution in [0.3, 0.4) is 0 Å². The van der Waals surface area contributed by atoms with Crippen LogP contribution in [0.15, 0.2) is 30.5 Å². The largest absolute Gasteiger partial charge is 0.497 e. The van der Waals surface area contributed by atoms with Crippen LogP contribution >= 0.6 is 0 Å². The van der Waals surface area contributed by atoms with Crippen molar-refractivity contribution in [2.45, 2.75) is 32.0 Å². The van der Waals surface area contributed by atoms with E-state index in [0.717, 1.165) is 42.2 Å². The third-order valence-electron chi connectivity index (χ3n) is 4.96. The zero-order chi connectivity index (χ0) is 19.9. The van der Waals surface area contributed by atoms with Gasteiger partial charge in [0, 0.05) is 24.7 Å². The standard InChI is InChI=1S/C19H20F3N5O/c1-12-23-16-6-5-14(28-2)10-15(16)18(24-12)26-8-3-4-13(11-26)27-9-7-17(25-27)19(20,21)22/h5-7,9-10,13H,3-4,8,11H2,1-2H3. The summed E-state index contributed by atoms with van der Waals surface area (Å²) in [6.07, 6.45) is -1.43. The van der Waals surface area contributed by atoms with Crippen LogP contribution in [0.4, 0.5) is 19.0 Å². The van der Waals surface area contributed by atoms with Crippen LogP contribution in [0.1, 0.15) is 30.4 Å². The normalized spacial score (nSPS) is 17.9. The molecule has 0 aliphatic carbocycles. The number of ether oxygens (including phenoxy) is 1. The highest BCUT2D eigenvalue weighted by Gasteiger charge is 2.34. The van der Waals surface area contributed by atoms with Gasteiger partial charge in [0.1, 0.15) is 17.4 Å². The fourth-order valence-electron chi connectivity index (χ4n) is 3.63. The van der Waals surface area contributed by atoms with E-state index in [9.17, 15) is 13.2 Å². The van der Waals surface area contributed by atoms with Gasteiger partial charge in [-0.1, -0.05) is 0 Å². The molecule has 0 amide bonds. The number of fused-ring (bicyclic) bond motifs is 1. The Labute approximate surface area is 160 Å². The SMILES string of the molecule is COc1ccc2nc(C)nc(N3CCCC(n4ccc(C(F)(F)F)n4)C3)c2c1. The summed E-state index contributed by atoms with van der Waals surface area (Å²) in [5.74, 6) is 2.12. The van der Waals surface area contributed by atoms with E-state index in [1.54, 1.807) is 7.11 Å². The van der Waals surface area contributed by atoms with E-state index >= 15 is 0 Å². The number of hydrogen-bond donors (Lipinski definition) is 0. The maximum atomic E-state index is 12.9. The van der Waals surface area contributed by atoms with Crippen LogP contribution in [0.25, 0.3) is 10.9 Å². The Bertz CT molecular complexity index is 1000. The summed E-state index contributed by atoms with van der Waals surface area (Å²) in [5.41, 5.74) is -0.0541. The maximum Gasteiger partial charge on any atom is 0.435 e. The van der Waals surface area contributed by atoms with Crippen molar-refractivity contribution in [2.75, 3.05) is 25.1 Å². The molecule has 1 aromatic carbocycles. The third-order valence-corrected chi connectivity index (χ3v) is 4.96. The summed E-state index contributed by atoms with van der Waals surface area (Å²) in [6, 6.07) is 6.50. The fraction of sp³-hybridized carbons (Fsp3) is 0.421. The molecule has 28 heavy (non-hydrogen) atoms. The lowest BCUT2D eigenvalue weighted by Gasteiger charge is -2.34. The van der Waals surface area contributed by atoms with Gasteiger partial charge in [-0.2, -0.15) is 18.3 Å². The molecule has 0 saturated carbocycles. The number of halogens is 3. The zero-order valence-electron chi connectivity index (χ0n) is 15.6. The molecular weight excluding hydrogens is 371 g/mol. The van der Waals surface area contributed by atoms with E-state index in [2.05, 4.69) is 20.0 Å². The van der Waals surface area contributed by atoms with Gasteiger partial charge in [-0.25, -0.2) is 9.97 Å². The molecular formula is C19H20F3N5O. The molecule has 1 unspecified atom stereocenters. The predicted octanol–water partition coefficient (Wildman–Crippen LogP) is 4.00. The van der Waals surface area contributed by atoms with Crippen molar-refractivity contribution >= 4 is 16.7 Å². The van der Waals surface area contributed by atoms with Gasteiger partial charge in [-0.15, -0.1) is 0 Å². The fourth-order valence-corrected chi connectivity index (χ4v) is 3.63. The highest BCUT2D eigenvalue weighted by molar-refractivity contribution is 5.90. The molecule has 3 aromatic rings. The van der Waals surface area contributed by atoms with Crippen molar-refractivity contribution in [2.24, 2.45) is 0 Å². The van der Waals surface area contributed by atoms with E-state index in [1.807, 2.05) is 25.1 Å². The number of nitrogens with zero attached hydrogens (tertiary/aromatic N) is 5. The molecule has 1 atom stereocenters. The molecule has 4 rings (SSSR count). The van der Waals surface area contributed by atoms with Crippen molar-refractivity contribution in [1.82, 2.24) is 19.7 Å². The molecule has 9 heteroatoms. The van der Waals surface area contributed by atoms with Crippen molar-refractivity contribution in [3.05, 3.63) is 42.0 Å². The quantitative estimate of drug-likeness (QED) is 0.675. The first kappa shape index (κ1) is 18.5. The molecule has 1 saturated heterocycles. The Morgan fingerprint density at radius 1 is 1.18 bits per heavy atom. The first-order valence-corrected chi connectivity index (χ1v) is 9.05. The van der Waals surface area contributed by atoms with Crippen molar-refractivity contribution in [3.63, 3.8) is 0 Å². The second-order valence-electron chi connectivity index (χ2n) is 6.90. The van der Waals surface area contributed by atoms with Gasteiger partial charge < -0.3 is 9.64 Å². The maximum absolute atomic E-state index is 12.9. The highest BCUT2D eigenvalue weighted by Crippen LogP contribution is 2.33. The van der Waals surface area contributed by atoms with E-state index in [1.165, 1.54) is 10.9 Å². The second kappa shape index (κ2) is 6.96. The molecule has 0 radical (unpaired) electrons. The number of hydrogen-bond acceptors (Lipinski definition) is 5. The van der Waals surface area contributed by atoms with Crippen molar-refractivity contribution in [3.8, 4) is 5.75 Å². The number of aromatic nitrogens is 4. The summed E-state index contributed by atoms with van der Waals surface area (Å²) >= 11 is 0. The van der Waals surface area contributed by atoms with Gasteiger partial charge in [-0.05, 0) is 44.0 Å². The highest BCUT2D eigenvalue weighted by atomic mass is 19.4. The number of alkyl halides is 3. The topological polar surface area (TPSA) is 56.1 Å². The molecule has 2 aromatic heterocycles. The summed E-state index contributed by atoms with van der Waals surface area (Å²) in [7, 11) is 1.60. The van der Waals surface area contributed by atoms with Gasteiger partial charge in [0.05, 0.1) is 18.7 Å². The second-order valence-corrected chi connectivity index (χ2v) is 6.90. The molecule has 1 aliphatic heterocycles. The number of benzene rings is 1. The van der Waals surface area contributed by atoms with Crippen LogP contribution < -0.4 is 9.64 Å². The minimum Gasteiger partial charge on any atom is -0.497 e. The molecule has 6 nitrogen and oxygen atoms in total. The van der Waals surface area contributed by atoms with Crippen LogP contribution in [-0.2, 0) is 6.18 Å². The lowest BCUT2D eigenvalue weighted by molar-refractivity contribution is -0.141. The van der Waals surface area contributed by atoms with Crippen LogP contribution in [0, 0.1) is 6.92 Å². The van der Waals surface area contributed by atoms with Gasteiger partial charge >= 0.3 is 6.18 Å². The van der Waals surface area contributed by atoms with E-state index in [4.69, 9.17) is 4.74 Å². The van der Waals surface area contributed by atoms with Crippen molar-refractivity contribution in [1.29, 1.82) is 0 Å². The lowest BCUT2D eigenvalue weighted by atomic mass is 10.1. The van der Waals surface area contributed by atoms with E-state index < -0.39 is 11.9 Å². The summed E-state index contributed by atoms with van der Waals surface area (Å²) in [4.78, 5) is 11.2. The minimum atomic E-state index is -4.43. The number of methoxy groups -OCH3 is 1. The van der Waals surface area contributed by atoms with Gasteiger partial charge in [0.2, 0.25) is 0 Å². The molecule has 148 valence electrons. The van der Waals surface area contributed by atoms with Crippen LogP contribution in [0.2, 0.25) is 0 Å². The Morgan fingerprint density at radius 3 is 2.71 bits per heavy atom. The van der Waals surface area contributed by atoms with Crippen LogP contribution in [0.5, 0.6) is 5.75 Å². The first-order chi connectivity index (χ1) is 13.3. The average Bonchev–Trinajstić information content (AvgIpc) is 3.18. The Balaban J connectivity index is 1.67. The molecule has 0 spiro atoms. The van der Waals surface area contributed by atoms with Gasteiger partial charge in [0.15, 0.2) is 5.69 Å². The van der Waals surface area contributed by atoms with E-state index in [0.29, 0.717) is 18.1 Å². The summed E-state index contributed by atoms with van der Waals surface area (Å²) in [6.45, 7) is 3.13. The monoisotopic (exact) mass is 391 g/mol. The molecule has 0 bridgehead atoms. The number of rotatable bonds is 3. The lowest BCUT2D eigenvalue weighted by Crippen LogP contribution is -2.37. The Morgan fingerprint density at radius 2 is 2.00 bits per heavy atom. The minimum absolute atomic E-state index is 0.152. The average molecular weight is 391 g/mol. The molecule has 1 fully saturated rings. The molecule has 1 aliphatic rings. The number of aryl methyl sites for hydroxylation is 1. The zero-order valence-corrected chi connectivity index (χ0v) is 15.6. The number of anilines is 1. The number of piperidine rings is 1. The Hall–Kier alpha value is -2.84. The van der Waals surface area contributed by atoms with Gasteiger partial charge in [0.25, 0.3) is 0 Å².